The Morgan fingerprint density at radius 2 is 2.42 bits per heavy atom. The van der Waals surface area contributed by atoms with Gasteiger partial charge in [0.05, 0.1) is 12.6 Å². The van der Waals surface area contributed by atoms with Gasteiger partial charge in [-0.2, -0.15) is 4.98 Å². The molecule has 0 unspecified atom stereocenters. The molecule has 1 aromatic rings. The Bertz CT molecular complexity index is 419. The molecule has 1 aliphatic rings. The topological polar surface area (TPSA) is 71.3 Å². The van der Waals surface area contributed by atoms with E-state index in [4.69, 9.17) is 4.52 Å². The minimum atomic E-state index is -0.0593. The zero-order chi connectivity index (χ0) is 13.7. The van der Waals surface area contributed by atoms with Crippen molar-refractivity contribution in [2.24, 2.45) is 0 Å². The molecule has 1 saturated heterocycles. The van der Waals surface area contributed by atoms with Crippen molar-refractivity contribution in [1.82, 2.24) is 20.4 Å². The van der Waals surface area contributed by atoms with Crippen LogP contribution in [0.3, 0.4) is 0 Å². The van der Waals surface area contributed by atoms with E-state index in [1.54, 1.807) is 7.05 Å². The monoisotopic (exact) mass is 266 g/mol. The van der Waals surface area contributed by atoms with Crippen LogP contribution in [-0.4, -0.2) is 40.6 Å². The van der Waals surface area contributed by atoms with Gasteiger partial charge in [0.25, 0.3) is 0 Å². The van der Waals surface area contributed by atoms with Gasteiger partial charge in [-0.05, 0) is 25.8 Å². The van der Waals surface area contributed by atoms with Crippen molar-refractivity contribution < 1.29 is 9.32 Å². The Hall–Kier alpha value is -1.43. The number of nitrogens with zero attached hydrogens (tertiary/aromatic N) is 3. The van der Waals surface area contributed by atoms with E-state index >= 15 is 0 Å². The van der Waals surface area contributed by atoms with E-state index in [1.165, 1.54) is 0 Å². The maximum Gasteiger partial charge on any atom is 0.240 e. The highest BCUT2D eigenvalue weighted by Gasteiger charge is 2.31. The van der Waals surface area contributed by atoms with Crippen LogP contribution >= 0.6 is 0 Å². The number of carbonyl (C=O) groups is 1. The van der Waals surface area contributed by atoms with Crippen molar-refractivity contribution >= 4 is 5.91 Å². The molecular weight excluding hydrogens is 244 g/mol. The molecule has 2 rings (SSSR count). The summed E-state index contributed by atoms with van der Waals surface area (Å²) >= 11 is 0. The zero-order valence-corrected chi connectivity index (χ0v) is 11.7. The highest BCUT2D eigenvalue weighted by atomic mass is 16.5. The fraction of sp³-hybridized carbons (Fsp3) is 0.769. The molecule has 0 aromatic carbocycles. The number of amides is 1. The van der Waals surface area contributed by atoms with Gasteiger partial charge in [0, 0.05) is 13.5 Å². The molecule has 1 aliphatic heterocycles. The standard InChI is InChI=1S/C13H22N4O2/c1-3-4-7-11-15-12(19-16-11)9-17-8-5-6-10(17)13(18)14-2/h10H,3-9H2,1-2H3,(H,14,18)/t10-/m1/s1. The molecule has 1 fully saturated rings. The normalized spacial score (nSPS) is 19.8. The fourth-order valence-corrected chi connectivity index (χ4v) is 2.44. The summed E-state index contributed by atoms with van der Waals surface area (Å²) in [4.78, 5) is 18.2. The molecule has 106 valence electrons. The number of hydrogen-bond donors (Lipinski definition) is 1. The van der Waals surface area contributed by atoms with E-state index in [1.807, 2.05) is 0 Å². The van der Waals surface area contributed by atoms with Crippen molar-refractivity contribution in [3.05, 3.63) is 11.7 Å². The van der Waals surface area contributed by atoms with Gasteiger partial charge in [0.2, 0.25) is 11.8 Å². The minimum absolute atomic E-state index is 0.0593. The largest absolute Gasteiger partial charge is 0.358 e. The minimum Gasteiger partial charge on any atom is -0.358 e. The van der Waals surface area contributed by atoms with Crippen LogP contribution in [0.25, 0.3) is 0 Å². The van der Waals surface area contributed by atoms with E-state index in [2.05, 4.69) is 27.3 Å². The summed E-state index contributed by atoms with van der Waals surface area (Å²) in [6.07, 6.45) is 4.99. The smallest absolute Gasteiger partial charge is 0.240 e. The Morgan fingerprint density at radius 1 is 1.58 bits per heavy atom. The van der Waals surface area contributed by atoms with Crippen LogP contribution < -0.4 is 5.32 Å². The summed E-state index contributed by atoms with van der Waals surface area (Å²) in [5.74, 6) is 1.46. The van der Waals surface area contributed by atoms with Gasteiger partial charge in [0.1, 0.15) is 0 Å². The van der Waals surface area contributed by atoms with E-state index in [9.17, 15) is 4.79 Å². The van der Waals surface area contributed by atoms with Crippen LogP contribution in [0.4, 0.5) is 0 Å². The highest BCUT2D eigenvalue weighted by molar-refractivity contribution is 5.81. The van der Waals surface area contributed by atoms with Crippen molar-refractivity contribution in [3.63, 3.8) is 0 Å². The number of hydrogen-bond acceptors (Lipinski definition) is 5. The molecule has 1 amide bonds. The molecule has 6 heteroatoms. The summed E-state index contributed by atoms with van der Waals surface area (Å²) in [7, 11) is 1.67. The zero-order valence-electron chi connectivity index (χ0n) is 11.7. The lowest BCUT2D eigenvalue weighted by atomic mass is 10.2. The van der Waals surface area contributed by atoms with E-state index in [-0.39, 0.29) is 11.9 Å². The molecule has 1 N–H and O–H groups in total. The van der Waals surface area contributed by atoms with Crippen LogP contribution in [0.15, 0.2) is 4.52 Å². The molecule has 0 aliphatic carbocycles. The predicted molar refractivity (Wildman–Crippen MR) is 70.4 cm³/mol. The van der Waals surface area contributed by atoms with Crippen LogP contribution in [-0.2, 0) is 17.8 Å². The van der Waals surface area contributed by atoms with Gasteiger partial charge >= 0.3 is 0 Å². The van der Waals surface area contributed by atoms with Gasteiger partial charge in [-0.1, -0.05) is 18.5 Å². The Balaban J connectivity index is 1.92. The third kappa shape index (κ3) is 3.53. The van der Waals surface area contributed by atoms with Gasteiger partial charge in [-0.25, -0.2) is 0 Å². The van der Waals surface area contributed by atoms with Gasteiger partial charge < -0.3 is 9.84 Å². The highest BCUT2D eigenvalue weighted by Crippen LogP contribution is 2.19. The number of carbonyl (C=O) groups excluding carboxylic acids is 1. The predicted octanol–water partition coefficient (Wildman–Crippen LogP) is 1.12. The van der Waals surface area contributed by atoms with E-state index < -0.39 is 0 Å². The van der Waals surface area contributed by atoms with E-state index in [0.29, 0.717) is 12.4 Å². The first-order valence-electron chi connectivity index (χ1n) is 7.01. The summed E-state index contributed by atoms with van der Waals surface area (Å²) in [6.45, 7) is 3.61. The average molecular weight is 266 g/mol. The Morgan fingerprint density at radius 3 is 3.16 bits per heavy atom. The summed E-state index contributed by atoms with van der Waals surface area (Å²) < 4.78 is 5.25. The lowest BCUT2D eigenvalue weighted by Gasteiger charge is -2.20. The number of unbranched alkanes of at least 4 members (excludes halogenated alkanes) is 1. The summed E-state index contributed by atoms with van der Waals surface area (Å²) in [6, 6.07) is -0.0593. The number of rotatable bonds is 6. The number of aromatic nitrogens is 2. The van der Waals surface area contributed by atoms with E-state index in [0.717, 1.165) is 44.5 Å². The second-order valence-corrected chi connectivity index (χ2v) is 4.95. The maximum atomic E-state index is 11.7. The van der Waals surface area contributed by atoms with Gasteiger partial charge in [-0.3, -0.25) is 9.69 Å². The molecule has 0 bridgehead atoms. The third-order valence-electron chi connectivity index (χ3n) is 3.52. The fourth-order valence-electron chi connectivity index (χ4n) is 2.44. The van der Waals surface area contributed by atoms with Crippen LogP contribution in [0.1, 0.15) is 44.3 Å². The molecule has 6 nitrogen and oxygen atoms in total. The Labute approximate surface area is 113 Å². The Kier molecular flexibility index (Phi) is 4.90. The first-order chi connectivity index (χ1) is 9.24. The molecule has 2 heterocycles. The molecular formula is C13H22N4O2. The van der Waals surface area contributed by atoms with Crippen molar-refractivity contribution in [3.8, 4) is 0 Å². The maximum absolute atomic E-state index is 11.7. The molecule has 0 saturated carbocycles. The number of likely N-dealkylation sites (N-methyl/N-ethyl adjacent to an activating group) is 1. The molecule has 0 spiro atoms. The van der Waals surface area contributed by atoms with Crippen molar-refractivity contribution in [2.75, 3.05) is 13.6 Å². The van der Waals surface area contributed by atoms with Gasteiger partial charge in [-0.15, -0.1) is 0 Å². The average Bonchev–Trinajstić information content (AvgIpc) is 3.05. The molecule has 19 heavy (non-hydrogen) atoms. The third-order valence-corrected chi connectivity index (χ3v) is 3.52. The summed E-state index contributed by atoms with van der Waals surface area (Å²) in [5.41, 5.74) is 0. The summed E-state index contributed by atoms with van der Waals surface area (Å²) in [5, 5.41) is 6.68. The molecule has 1 atom stereocenters. The van der Waals surface area contributed by atoms with Gasteiger partial charge in [0.15, 0.2) is 5.82 Å². The molecule has 1 aromatic heterocycles. The van der Waals surface area contributed by atoms with Crippen LogP contribution in [0, 0.1) is 0 Å². The number of aryl methyl sites for hydroxylation is 1. The first-order valence-corrected chi connectivity index (χ1v) is 7.01. The second kappa shape index (κ2) is 6.65. The quantitative estimate of drug-likeness (QED) is 0.835. The lowest BCUT2D eigenvalue weighted by Crippen LogP contribution is -2.41. The molecule has 0 radical (unpaired) electrons. The number of likely N-dealkylation sites (tertiary alicyclic amines) is 1. The van der Waals surface area contributed by atoms with Crippen LogP contribution in [0.2, 0.25) is 0 Å². The number of nitrogens with one attached hydrogen (secondary N) is 1. The van der Waals surface area contributed by atoms with Crippen LogP contribution in [0.5, 0.6) is 0 Å². The lowest BCUT2D eigenvalue weighted by molar-refractivity contribution is -0.125. The second-order valence-electron chi connectivity index (χ2n) is 4.95. The SMILES string of the molecule is CCCCc1noc(CN2CCC[C@@H]2C(=O)NC)n1. The first kappa shape index (κ1) is 14.0. The van der Waals surface area contributed by atoms with Crippen molar-refractivity contribution in [1.29, 1.82) is 0 Å². The van der Waals surface area contributed by atoms with Crippen molar-refractivity contribution in [2.45, 2.75) is 51.6 Å².